The zero-order valence-corrected chi connectivity index (χ0v) is 19.8. The number of nitrogens with zero attached hydrogens (tertiary/aromatic N) is 4. The van der Waals surface area contributed by atoms with Gasteiger partial charge in [0.1, 0.15) is 0 Å². The SMILES string of the molecule is O=C(Nc1nn2cc(-c3ccc(Cl)cc3)nc2s1)C1CCN(C(=O)/C=C/c2ccccc2)CC1. The van der Waals surface area contributed by atoms with Crippen LogP contribution in [0, 0.1) is 5.92 Å². The number of hydrogen-bond donors (Lipinski definition) is 1. The first kappa shape index (κ1) is 22.3. The van der Waals surface area contributed by atoms with E-state index in [2.05, 4.69) is 15.4 Å². The summed E-state index contributed by atoms with van der Waals surface area (Å²) in [4.78, 5) is 32.3. The van der Waals surface area contributed by atoms with Crippen molar-refractivity contribution >= 4 is 50.9 Å². The van der Waals surface area contributed by atoms with Crippen LogP contribution in [0.3, 0.4) is 0 Å². The smallest absolute Gasteiger partial charge is 0.246 e. The third kappa shape index (κ3) is 5.03. The summed E-state index contributed by atoms with van der Waals surface area (Å²) in [7, 11) is 0. The van der Waals surface area contributed by atoms with E-state index in [9.17, 15) is 9.59 Å². The van der Waals surface area contributed by atoms with Crippen LogP contribution in [0.1, 0.15) is 18.4 Å². The molecule has 172 valence electrons. The Bertz CT molecular complexity index is 1310. The fourth-order valence-corrected chi connectivity index (χ4v) is 4.83. The second-order valence-corrected chi connectivity index (χ2v) is 9.49. The standard InChI is InChI=1S/C25H22ClN5O2S/c26-20-9-7-18(8-10-20)21-16-31-25(27-21)34-24(29-31)28-23(33)19-12-14-30(15-13-19)22(32)11-6-17-4-2-1-3-5-17/h1-11,16,19H,12-15H2,(H,28,29,33)/b11-6+. The van der Waals surface area contributed by atoms with Crippen LogP contribution < -0.4 is 5.32 Å². The molecule has 0 saturated carbocycles. The van der Waals surface area contributed by atoms with Crippen LogP contribution >= 0.6 is 22.9 Å². The van der Waals surface area contributed by atoms with Gasteiger partial charge in [-0.15, -0.1) is 5.10 Å². The summed E-state index contributed by atoms with van der Waals surface area (Å²) in [6.07, 6.45) is 6.50. The molecule has 4 aromatic rings. The fraction of sp³-hybridized carbons (Fsp3) is 0.200. The van der Waals surface area contributed by atoms with Gasteiger partial charge in [-0.05, 0) is 36.6 Å². The molecule has 0 radical (unpaired) electrons. The average molecular weight is 492 g/mol. The van der Waals surface area contributed by atoms with Crippen molar-refractivity contribution in [2.45, 2.75) is 12.8 Å². The lowest BCUT2D eigenvalue weighted by Crippen LogP contribution is -2.40. The van der Waals surface area contributed by atoms with Gasteiger partial charge in [0.15, 0.2) is 0 Å². The summed E-state index contributed by atoms with van der Waals surface area (Å²) < 4.78 is 1.67. The number of carbonyl (C=O) groups excluding carboxylic acids is 2. The lowest BCUT2D eigenvalue weighted by Gasteiger charge is -2.30. The highest BCUT2D eigenvalue weighted by Crippen LogP contribution is 2.26. The van der Waals surface area contributed by atoms with Crippen LogP contribution in [0.2, 0.25) is 5.02 Å². The van der Waals surface area contributed by atoms with Gasteiger partial charge in [0.25, 0.3) is 0 Å². The number of aromatic nitrogens is 3. The van der Waals surface area contributed by atoms with Gasteiger partial charge in [-0.2, -0.15) is 0 Å². The van der Waals surface area contributed by atoms with Crippen molar-refractivity contribution in [2.75, 3.05) is 18.4 Å². The van der Waals surface area contributed by atoms with Crippen LogP contribution in [0.25, 0.3) is 22.3 Å². The minimum absolute atomic E-state index is 0.0275. The molecule has 1 aliphatic heterocycles. The van der Waals surface area contributed by atoms with E-state index in [-0.39, 0.29) is 17.7 Å². The molecular weight excluding hydrogens is 470 g/mol. The number of amides is 2. The molecule has 1 saturated heterocycles. The third-order valence-electron chi connectivity index (χ3n) is 5.81. The number of likely N-dealkylation sites (tertiary alicyclic amines) is 1. The van der Waals surface area contributed by atoms with Gasteiger partial charge in [0, 0.05) is 35.7 Å². The van der Waals surface area contributed by atoms with E-state index in [1.165, 1.54) is 11.3 Å². The van der Waals surface area contributed by atoms with Crippen LogP contribution in [-0.2, 0) is 9.59 Å². The van der Waals surface area contributed by atoms with Crippen molar-refractivity contribution in [1.29, 1.82) is 0 Å². The first-order chi connectivity index (χ1) is 16.5. The summed E-state index contributed by atoms with van der Waals surface area (Å²) >= 11 is 7.28. The van der Waals surface area contributed by atoms with Crippen LogP contribution in [-0.4, -0.2) is 44.4 Å². The maximum absolute atomic E-state index is 12.8. The zero-order valence-electron chi connectivity index (χ0n) is 18.2. The van der Waals surface area contributed by atoms with E-state index < -0.39 is 0 Å². The Morgan fingerprint density at radius 1 is 1.06 bits per heavy atom. The topological polar surface area (TPSA) is 79.6 Å². The number of carbonyl (C=O) groups is 2. The van der Waals surface area contributed by atoms with E-state index in [0.717, 1.165) is 16.8 Å². The largest absolute Gasteiger partial charge is 0.339 e. The van der Waals surface area contributed by atoms with Crippen molar-refractivity contribution in [2.24, 2.45) is 5.92 Å². The van der Waals surface area contributed by atoms with Gasteiger partial charge in [-0.1, -0.05) is 65.4 Å². The monoisotopic (exact) mass is 491 g/mol. The maximum atomic E-state index is 12.8. The molecule has 0 bridgehead atoms. The van der Waals surface area contributed by atoms with Crippen molar-refractivity contribution < 1.29 is 9.59 Å². The number of nitrogens with one attached hydrogen (secondary N) is 1. The molecular formula is C25H22ClN5O2S. The lowest BCUT2D eigenvalue weighted by atomic mass is 9.96. The Labute approximate surface area is 205 Å². The first-order valence-corrected chi connectivity index (χ1v) is 12.2. The number of fused-ring (bicyclic) bond motifs is 1. The predicted molar refractivity (Wildman–Crippen MR) is 135 cm³/mol. The van der Waals surface area contributed by atoms with Crippen LogP contribution in [0.15, 0.2) is 66.9 Å². The molecule has 34 heavy (non-hydrogen) atoms. The number of piperidine rings is 1. The number of benzene rings is 2. The summed E-state index contributed by atoms with van der Waals surface area (Å²) in [5.74, 6) is -0.245. The van der Waals surface area contributed by atoms with Crippen molar-refractivity contribution in [3.05, 3.63) is 77.5 Å². The van der Waals surface area contributed by atoms with Gasteiger partial charge in [0.2, 0.25) is 21.9 Å². The Morgan fingerprint density at radius 2 is 1.79 bits per heavy atom. The molecule has 1 fully saturated rings. The molecule has 0 atom stereocenters. The number of rotatable bonds is 5. The number of imidazole rings is 1. The summed E-state index contributed by atoms with van der Waals surface area (Å²) in [5, 5.41) is 8.55. The predicted octanol–water partition coefficient (Wildman–Crippen LogP) is 5.00. The summed E-state index contributed by atoms with van der Waals surface area (Å²) in [6.45, 7) is 1.11. The normalized spacial score (nSPS) is 14.7. The highest BCUT2D eigenvalue weighted by atomic mass is 35.5. The van der Waals surface area contributed by atoms with Gasteiger partial charge >= 0.3 is 0 Å². The minimum atomic E-state index is -0.150. The fourth-order valence-electron chi connectivity index (χ4n) is 3.92. The van der Waals surface area contributed by atoms with Gasteiger partial charge in [-0.25, -0.2) is 9.50 Å². The number of halogens is 1. The Morgan fingerprint density at radius 3 is 2.50 bits per heavy atom. The molecule has 2 aromatic carbocycles. The van der Waals surface area contributed by atoms with E-state index in [0.29, 0.717) is 41.0 Å². The minimum Gasteiger partial charge on any atom is -0.339 e. The second-order valence-electron chi connectivity index (χ2n) is 8.10. The van der Waals surface area contributed by atoms with E-state index >= 15 is 0 Å². The van der Waals surface area contributed by atoms with Gasteiger partial charge in [-0.3, -0.25) is 9.59 Å². The highest BCUT2D eigenvalue weighted by Gasteiger charge is 2.27. The first-order valence-electron chi connectivity index (χ1n) is 11.0. The molecule has 3 heterocycles. The van der Waals surface area contributed by atoms with Gasteiger partial charge in [0.05, 0.1) is 11.9 Å². The molecule has 7 nitrogen and oxygen atoms in total. The van der Waals surface area contributed by atoms with E-state index in [1.54, 1.807) is 15.5 Å². The molecule has 1 aliphatic rings. The van der Waals surface area contributed by atoms with Crippen molar-refractivity contribution in [1.82, 2.24) is 19.5 Å². The second kappa shape index (κ2) is 9.79. The van der Waals surface area contributed by atoms with Crippen LogP contribution in [0.4, 0.5) is 5.13 Å². The highest BCUT2D eigenvalue weighted by molar-refractivity contribution is 7.20. The molecule has 9 heteroatoms. The molecule has 0 aliphatic carbocycles. The molecule has 2 aromatic heterocycles. The molecule has 0 spiro atoms. The van der Waals surface area contributed by atoms with Crippen molar-refractivity contribution in [3.8, 4) is 11.3 Å². The number of hydrogen-bond acceptors (Lipinski definition) is 5. The Balaban J connectivity index is 1.15. The summed E-state index contributed by atoms with van der Waals surface area (Å²) in [5.41, 5.74) is 2.74. The van der Waals surface area contributed by atoms with Gasteiger partial charge < -0.3 is 10.2 Å². The van der Waals surface area contributed by atoms with Crippen LogP contribution in [0.5, 0.6) is 0 Å². The maximum Gasteiger partial charge on any atom is 0.246 e. The molecule has 5 rings (SSSR count). The summed E-state index contributed by atoms with van der Waals surface area (Å²) in [6, 6.07) is 17.2. The van der Waals surface area contributed by atoms with E-state index in [1.807, 2.05) is 66.9 Å². The number of anilines is 1. The zero-order chi connectivity index (χ0) is 23.5. The van der Waals surface area contributed by atoms with Crippen molar-refractivity contribution in [3.63, 3.8) is 0 Å². The molecule has 2 amide bonds. The average Bonchev–Trinajstić information content (AvgIpc) is 3.42. The Hall–Kier alpha value is -3.49. The quantitative estimate of drug-likeness (QED) is 0.398. The lowest BCUT2D eigenvalue weighted by molar-refractivity contribution is -0.130. The molecule has 0 unspecified atom stereocenters. The Kier molecular flexibility index (Phi) is 6.42. The molecule has 1 N–H and O–H groups in total. The third-order valence-corrected chi connectivity index (χ3v) is 6.90. The van der Waals surface area contributed by atoms with E-state index in [4.69, 9.17) is 11.6 Å².